The number of fused-ring (bicyclic) bond motifs is 1. The molecule has 0 radical (unpaired) electrons. The highest BCUT2D eigenvalue weighted by Crippen LogP contribution is 2.38. The minimum absolute atomic E-state index is 0.220. The van der Waals surface area contributed by atoms with Gasteiger partial charge in [-0.1, -0.05) is 19.9 Å². The summed E-state index contributed by atoms with van der Waals surface area (Å²) in [4.78, 5) is 15.4. The average Bonchev–Trinajstić information content (AvgIpc) is 3.17. The molecule has 4 aromatic rings. The van der Waals surface area contributed by atoms with Crippen LogP contribution in [0.25, 0.3) is 33.3 Å². The third-order valence-corrected chi connectivity index (χ3v) is 6.61. The van der Waals surface area contributed by atoms with Gasteiger partial charge < -0.3 is 14.6 Å². The Bertz CT molecular complexity index is 1290. The van der Waals surface area contributed by atoms with Gasteiger partial charge in [0.15, 0.2) is 0 Å². The third-order valence-electron chi connectivity index (χ3n) is 6.61. The molecule has 1 aliphatic rings. The highest BCUT2D eigenvalue weighted by atomic mass is 16.5. The van der Waals surface area contributed by atoms with Crippen LogP contribution in [0, 0.1) is 13.8 Å². The van der Waals surface area contributed by atoms with E-state index in [1.54, 1.807) is 0 Å². The second-order valence-electron chi connectivity index (χ2n) is 10.0. The Morgan fingerprint density at radius 2 is 1.59 bits per heavy atom. The number of nitrogens with one attached hydrogen (secondary N) is 1. The summed E-state index contributed by atoms with van der Waals surface area (Å²) in [5, 5.41) is 1.27. The van der Waals surface area contributed by atoms with Crippen molar-refractivity contribution in [2.24, 2.45) is 0 Å². The van der Waals surface area contributed by atoms with E-state index >= 15 is 0 Å². The molecular formula is C29H34N4O. The predicted molar refractivity (Wildman–Crippen MR) is 141 cm³/mol. The maximum atomic E-state index is 5.87. The molecule has 176 valence electrons. The summed E-state index contributed by atoms with van der Waals surface area (Å²) < 4.78 is 5.87. The van der Waals surface area contributed by atoms with Crippen LogP contribution >= 0.6 is 0 Å². The van der Waals surface area contributed by atoms with Crippen molar-refractivity contribution >= 4 is 16.7 Å². The zero-order valence-corrected chi connectivity index (χ0v) is 21.0. The molecular weight excluding hydrogens is 420 g/mol. The number of hydrogen-bond acceptors (Lipinski definition) is 4. The lowest BCUT2D eigenvalue weighted by Crippen LogP contribution is -2.45. The fourth-order valence-electron chi connectivity index (χ4n) is 5.31. The lowest BCUT2D eigenvalue weighted by atomic mass is 9.94. The summed E-state index contributed by atoms with van der Waals surface area (Å²) in [5.41, 5.74) is 9.31. The number of nitrogens with zero attached hydrogens (tertiary/aromatic N) is 3. The number of benzene rings is 1. The molecule has 3 aromatic heterocycles. The summed E-state index contributed by atoms with van der Waals surface area (Å²) in [6.07, 6.45) is 2.44. The van der Waals surface area contributed by atoms with Gasteiger partial charge in [-0.3, -0.25) is 4.98 Å². The van der Waals surface area contributed by atoms with Gasteiger partial charge in [0.2, 0.25) is 0 Å². The van der Waals surface area contributed by atoms with Gasteiger partial charge in [-0.2, -0.15) is 0 Å². The molecule has 0 amide bonds. The standard InChI is InChI=1S/C29H34N4O/c1-17(2)28-25-13-22(7-9-26(25)32-29(28)24-11-18(3)31-19(4)12-24)23-8-10-27(30-14-23)33-15-20(5)34-21(6)16-33/h7-14,17,20-21,32H,15-16H2,1-6H3. The van der Waals surface area contributed by atoms with Crippen LogP contribution in [0.15, 0.2) is 48.7 Å². The van der Waals surface area contributed by atoms with Crippen molar-refractivity contribution in [3.8, 4) is 22.4 Å². The Hall–Kier alpha value is -3.18. The first-order valence-electron chi connectivity index (χ1n) is 12.3. The first kappa shape index (κ1) is 22.6. The topological polar surface area (TPSA) is 54.0 Å². The monoisotopic (exact) mass is 454 g/mol. The summed E-state index contributed by atoms with van der Waals surface area (Å²) >= 11 is 0. The molecule has 1 aromatic carbocycles. The van der Waals surface area contributed by atoms with Crippen molar-refractivity contribution in [2.45, 2.75) is 59.7 Å². The number of aromatic nitrogens is 3. The Morgan fingerprint density at radius 3 is 2.21 bits per heavy atom. The van der Waals surface area contributed by atoms with Crippen molar-refractivity contribution in [3.05, 3.63) is 65.6 Å². The van der Waals surface area contributed by atoms with Crippen molar-refractivity contribution in [1.29, 1.82) is 0 Å². The van der Waals surface area contributed by atoms with Crippen molar-refractivity contribution < 1.29 is 4.74 Å². The van der Waals surface area contributed by atoms with Crippen LogP contribution < -0.4 is 4.90 Å². The van der Waals surface area contributed by atoms with Gasteiger partial charge >= 0.3 is 0 Å². The molecule has 5 rings (SSSR count). The van der Waals surface area contributed by atoms with Crippen molar-refractivity contribution in [1.82, 2.24) is 15.0 Å². The smallest absolute Gasteiger partial charge is 0.128 e. The van der Waals surface area contributed by atoms with Gasteiger partial charge in [0, 0.05) is 52.7 Å². The van der Waals surface area contributed by atoms with Crippen molar-refractivity contribution in [2.75, 3.05) is 18.0 Å². The van der Waals surface area contributed by atoms with Crippen LogP contribution in [0.3, 0.4) is 0 Å². The maximum Gasteiger partial charge on any atom is 0.128 e. The third kappa shape index (κ3) is 4.32. The summed E-state index contributed by atoms with van der Waals surface area (Å²) in [6.45, 7) is 14.6. The Labute approximate surface area is 202 Å². The predicted octanol–water partition coefficient (Wildman–Crippen LogP) is 6.65. The molecule has 5 heteroatoms. The van der Waals surface area contributed by atoms with Gasteiger partial charge in [0.25, 0.3) is 0 Å². The van der Waals surface area contributed by atoms with E-state index in [9.17, 15) is 0 Å². The molecule has 1 N–H and O–H groups in total. The van der Waals surface area contributed by atoms with Crippen LogP contribution in [-0.4, -0.2) is 40.2 Å². The van der Waals surface area contributed by atoms with E-state index in [1.165, 1.54) is 27.8 Å². The van der Waals surface area contributed by atoms with E-state index in [0.717, 1.165) is 41.4 Å². The molecule has 0 saturated carbocycles. The van der Waals surface area contributed by atoms with Gasteiger partial charge in [-0.15, -0.1) is 0 Å². The molecule has 1 fully saturated rings. The molecule has 0 aliphatic carbocycles. The number of aromatic amines is 1. The van der Waals surface area contributed by atoms with E-state index in [2.05, 4.69) is 98.9 Å². The number of ether oxygens (including phenoxy) is 1. The maximum absolute atomic E-state index is 5.87. The second kappa shape index (κ2) is 8.88. The fraction of sp³-hybridized carbons (Fsp3) is 0.379. The number of aryl methyl sites for hydroxylation is 2. The van der Waals surface area contributed by atoms with Crippen LogP contribution in [0.5, 0.6) is 0 Å². The zero-order valence-electron chi connectivity index (χ0n) is 21.0. The number of hydrogen-bond donors (Lipinski definition) is 1. The molecule has 2 atom stereocenters. The molecule has 1 saturated heterocycles. The molecule has 34 heavy (non-hydrogen) atoms. The minimum Gasteiger partial charge on any atom is -0.372 e. The van der Waals surface area contributed by atoms with Crippen LogP contribution in [0.1, 0.15) is 50.6 Å². The largest absolute Gasteiger partial charge is 0.372 e. The van der Waals surface area contributed by atoms with Gasteiger partial charge in [0.05, 0.1) is 17.9 Å². The first-order chi connectivity index (χ1) is 16.3. The van der Waals surface area contributed by atoms with Gasteiger partial charge in [-0.05, 0) is 81.1 Å². The Balaban J connectivity index is 1.52. The molecule has 4 heterocycles. The number of rotatable bonds is 4. The second-order valence-corrected chi connectivity index (χ2v) is 10.0. The van der Waals surface area contributed by atoms with Crippen molar-refractivity contribution in [3.63, 3.8) is 0 Å². The number of morpholine rings is 1. The molecule has 0 spiro atoms. The summed E-state index contributed by atoms with van der Waals surface area (Å²) in [5.74, 6) is 1.40. The lowest BCUT2D eigenvalue weighted by Gasteiger charge is -2.36. The molecule has 2 unspecified atom stereocenters. The molecule has 1 aliphatic heterocycles. The fourth-order valence-corrected chi connectivity index (χ4v) is 5.31. The number of H-pyrrole nitrogens is 1. The highest BCUT2D eigenvalue weighted by Gasteiger charge is 2.23. The zero-order chi connectivity index (χ0) is 24.0. The first-order valence-corrected chi connectivity index (χ1v) is 12.3. The Kier molecular flexibility index (Phi) is 5.90. The lowest BCUT2D eigenvalue weighted by molar-refractivity contribution is -0.00545. The minimum atomic E-state index is 0.220. The van der Waals surface area contributed by atoms with Gasteiger partial charge in [-0.25, -0.2) is 4.98 Å². The van der Waals surface area contributed by atoms with E-state index in [4.69, 9.17) is 9.72 Å². The van der Waals surface area contributed by atoms with E-state index in [0.29, 0.717) is 5.92 Å². The quantitative estimate of drug-likeness (QED) is 0.375. The number of anilines is 1. The van der Waals surface area contributed by atoms with Crippen LogP contribution in [0.2, 0.25) is 0 Å². The van der Waals surface area contributed by atoms with E-state index < -0.39 is 0 Å². The summed E-state index contributed by atoms with van der Waals surface area (Å²) in [6, 6.07) is 15.3. The van der Waals surface area contributed by atoms with Gasteiger partial charge in [0.1, 0.15) is 5.82 Å². The normalized spacial score (nSPS) is 18.7. The van der Waals surface area contributed by atoms with E-state index in [1.807, 2.05) is 6.20 Å². The Morgan fingerprint density at radius 1 is 0.912 bits per heavy atom. The van der Waals surface area contributed by atoms with Crippen LogP contribution in [0.4, 0.5) is 5.82 Å². The summed E-state index contributed by atoms with van der Waals surface area (Å²) in [7, 11) is 0. The van der Waals surface area contributed by atoms with Crippen LogP contribution in [-0.2, 0) is 4.74 Å². The number of pyridine rings is 2. The molecule has 5 nitrogen and oxygen atoms in total. The van der Waals surface area contributed by atoms with E-state index in [-0.39, 0.29) is 12.2 Å². The SMILES string of the molecule is Cc1cc(-c2[nH]c3ccc(-c4ccc(N5CC(C)OC(C)C5)nc4)cc3c2C(C)C)cc(C)n1. The highest BCUT2D eigenvalue weighted by molar-refractivity contribution is 5.94. The molecule has 0 bridgehead atoms. The average molecular weight is 455 g/mol.